The number of hydrogen-bond donors (Lipinski definition) is 3. The number of nitrogens with zero attached hydrogens (tertiary/aromatic N) is 3. The zero-order valence-corrected chi connectivity index (χ0v) is 14.5. The Morgan fingerprint density at radius 1 is 1.15 bits per heavy atom. The number of guanidine groups is 1. The molecule has 0 amide bonds. The lowest BCUT2D eigenvalue weighted by atomic mass is 10.1. The van der Waals surface area contributed by atoms with Crippen LogP contribution in [0.5, 0.6) is 0 Å². The van der Waals surface area contributed by atoms with Gasteiger partial charge in [-0.05, 0) is 18.6 Å². The lowest BCUT2D eigenvalue weighted by molar-refractivity contribution is -0.141. The minimum absolute atomic E-state index is 0.0576. The van der Waals surface area contributed by atoms with Crippen LogP contribution in [0.25, 0.3) is 0 Å². The fourth-order valence-corrected chi connectivity index (χ4v) is 2.18. The second kappa shape index (κ2) is 9.02. The number of aromatic nitrogens is 2. The Kier molecular flexibility index (Phi) is 6.76. The quantitative estimate of drug-likeness (QED) is 0.416. The molecule has 1 aromatic heterocycles. The number of nitrogens with one attached hydrogen (secondary N) is 3. The maximum atomic E-state index is 12.6. The van der Waals surface area contributed by atoms with Crippen molar-refractivity contribution in [3.8, 4) is 0 Å². The van der Waals surface area contributed by atoms with E-state index in [4.69, 9.17) is 0 Å². The average Bonchev–Trinajstić information content (AvgIpc) is 2.64. The third-order valence-corrected chi connectivity index (χ3v) is 3.52. The maximum Gasteiger partial charge on any atom is 0.433 e. The number of rotatable bonds is 6. The van der Waals surface area contributed by atoms with Crippen LogP contribution in [-0.4, -0.2) is 36.1 Å². The molecule has 1 unspecified atom stereocenters. The summed E-state index contributed by atoms with van der Waals surface area (Å²) >= 11 is 0. The predicted octanol–water partition coefficient (Wildman–Crippen LogP) is 2.83. The molecule has 1 atom stereocenters. The van der Waals surface area contributed by atoms with E-state index in [0.717, 1.165) is 17.8 Å². The van der Waals surface area contributed by atoms with Crippen molar-refractivity contribution in [2.45, 2.75) is 19.1 Å². The average molecular weight is 366 g/mol. The molecule has 0 aliphatic heterocycles. The van der Waals surface area contributed by atoms with E-state index in [9.17, 15) is 13.2 Å². The van der Waals surface area contributed by atoms with Gasteiger partial charge in [0.25, 0.3) is 0 Å². The molecule has 0 bridgehead atoms. The van der Waals surface area contributed by atoms with Crippen LogP contribution in [0.4, 0.5) is 19.1 Å². The molecule has 0 saturated heterocycles. The summed E-state index contributed by atoms with van der Waals surface area (Å²) < 4.78 is 37.8. The van der Waals surface area contributed by atoms with Crippen LogP contribution in [0.2, 0.25) is 0 Å². The van der Waals surface area contributed by atoms with Gasteiger partial charge in [0.2, 0.25) is 5.95 Å². The molecule has 140 valence electrons. The minimum Gasteiger partial charge on any atom is -0.355 e. The summed E-state index contributed by atoms with van der Waals surface area (Å²) in [6, 6.07) is 10.8. The monoisotopic (exact) mass is 366 g/mol. The van der Waals surface area contributed by atoms with Crippen LogP contribution < -0.4 is 16.0 Å². The third-order valence-electron chi connectivity index (χ3n) is 3.52. The second-order valence-corrected chi connectivity index (χ2v) is 5.47. The van der Waals surface area contributed by atoms with Gasteiger partial charge < -0.3 is 16.0 Å². The Bertz CT molecular complexity index is 718. The van der Waals surface area contributed by atoms with Crippen molar-refractivity contribution in [1.29, 1.82) is 0 Å². The first-order chi connectivity index (χ1) is 12.4. The number of hydrogen-bond acceptors (Lipinski definition) is 4. The number of anilines is 1. The molecular formula is C17H21F3N6. The number of aliphatic imine (C=N–C) groups is 1. The van der Waals surface area contributed by atoms with E-state index in [-0.39, 0.29) is 12.0 Å². The molecule has 26 heavy (non-hydrogen) atoms. The van der Waals surface area contributed by atoms with Gasteiger partial charge in [0.15, 0.2) is 5.96 Å². The van der Waals surface area contributed by atoms with Crippen LogP contribution in [0, 0.1) is 0 Å². The largest absolute Gasteiger partial charge is 0.433 e. The summed E-state index contributed by atoms with van der Waals surface area (Å²) in [4.78, 5) is 11.4. The molecule has 1 aromatic carbocycles. The van der Waals surface area contributed by atoms with Crippen molar-refractivity contribution in [2.24, 2.45) is 4.99 Å². The Labute approximate surface area is 150 Å². The highest BCUT2D eigenvalue weighted by Gasteiger charge is 2.32. The van der Waals surface area contributed by atoms with E-state index in [0.29, 0.717) is 19.0 Å². The van der Waals surface area contributed by atoms with E-state index in [2.05, 4.69) is 30.9 Å². The first kappa shape index (κ1) is 19.5. The molecule has 1 heterocycles. The summed E-state index contributed by atoms with van der Waals surface area (Å²) in [7, 11) is 1.65. The van der Waals surface area contributed by atoms with Gasteiger partial charge in [-0.15, -0.1) is 0 Å². The van der Waals surface area contributed by atoms with Gasteiger partial charge in [0.1, 0.15) is 5.69 Å². The molecule has 3 N–H and O–H groups in total. The van der Waals surface area contributed by atoms with Gasteiger partial charge in [0, 0.05) is 26.3 Å². The normalized spacial score (nSPS) is 13.2. The smallest absolute Gasteiger partial charge is 0.355 e. The second-order valence-electron chi connectivity index (χ2n) is 5.47. The van der Waals surface area contributed by atoms with Crippen molar-refractivity contribution in [3.63, 3.8) is 0 Å². The van der Waals surface area contributed by atoms with Crippen molar-refractivity contribution in [2.75, 3.05) is 25.5 Å². The maximum absolute atomic E-state index is 12.6. The SMILES string of the molecule is CN=C(NCCNc1nccc(C(F)(F)F)n1)NC(C)c1ccccc1. The van der Waals surface area contributed by atoms with Gasteiger partial charge in [-0.2, -0.15) is 13.2 Å². The van der Waals surface area contributed by atoms with Gasteiger partial charge in [-0.3, -0.25) is 4.99 Å². The van der Waals surface area contributed by atoms with Crippen molar-refractivity contribution >= 4 is 11.9 Å². The molecule has 0 fully saturated rings. The molecule has 0 spiro atoms. The molecule has 0 aliphatic carbocycles. The van der Waals surface area contributed by atoms with Crippen LogP contribution in [-0.2, 0) is 6.18 Å². The van der Waals surface area contributed by atoms with E-state index in [1.165, 1.54) is 0 Å². The zero-order valence-electron chi connectivity index (χ0n) is 14.5. The van der Waals surface area contributed by atoms with Crippen molar-refractivity contribution in [1.82, 2.24) is 20.6 Å². The fourth-order valence-electron chi connectivity index (χ4n) is 2.18. The Hall–Kier alpha value is -2.84. The van der Waals surface area contributed by atoms with Crippen molar-refractivity contribution < 1.29 is 13.2 Å². The molecule has 6 nitrogen and oxygen atoms in total. The van der Waals surface area contributed by atoms with Crippen molar-refractivity contribution in [3.05, 3.63) is 53.9 Å². The van der Waals surface area contributed by atoms with Crippen LogP contribution >= 0.6 is 0 Å². The summed E-state index contributed by atoms with van der Waals surface area (Å²) in [6.07, 6.45) is -3.41. The van der Waals surface area contributed by atoms with E-state index < -0.39 is 11.9 Å². The van der Waals surface area contributed by atoms with Crippen LogP contribution in [0.3, 0.4) is 0 Å². The Morgan fingerprint density at radius 2 is 1.88 bits per heavy atom. The molecular weight excluding hydrogens is 345 g/mol. The van der Waals surface area contributed by atoms with Gasteiger partial charge in [-0.1, -0.05) is 30.3 Å². The minimum atomic E-state index is -4.49. The zero-order chi connectivity index (χ0) is 19.0. The van der Waals surface area contributed by atoms with E-state index >= 15 is 0 Å². The van der Waals surface area contributed by atoms with Gasteiger partial charge in [0.05, 0.1) is 6.04 Å². The third kappa shape index (κ3) is 5.91. The molecule has 0 saturated carbocycles. The van der Waals surface area contributed by atoms with E-state index in [1.807, 2.05) is 37.3 Å². The highest BCUT2D eigenvalue weighted by Crippen LogP contribution is 2.27. The molecule has 9 heteroatoms. The molecule has 0 aliphatic rings. The van der Waals surface area contributed by atoms with Gasteiger partial charge in [-0.25, -0.2) is 9.97 Å². The lowest BCUT2D eigenvalue weighted by Crippen LogP contribution is -2.40. The number of benzene rings is 1. The number of alkyl halides is 3. The van der Waals surface area contributed by atoms with Crippen LogP contribution in [0.15, 0.2) is 47.6 Å². The summed E-state index contributed by atoms with van der Waals surface area (Å²) in [5.41, 5.74) is 0.142. The van der Waals surface area contributed by atoms with E-state index in [1.54, 1.807) is 7.05 Å². The van der Waals surface area contributed by atoms with Crippen LogP contribution in [0.1, 0.15) is 24.2 Å². The standard InChI is InChI=1S/C17H21F3N6/c1-12(13-6-4-3-5-7-13)25-15(21-2)23-10-11-24-16-22-9-8-14(26-16)17(18,19)20/h3-9,12H,10-11H2,1-2H3,(H2,21,23,25)(H,22,24,26). The summed E-state index contributed by atoms with van der Waals surface area (Å²) in [5, 5.41) is 9.08. The number of halogens is 3. The Balaban J connectivity index is 1.79. The fraction of sp³-hybridized carbons (Fsp3) is 0.353. The summed E-state index contributed by atoms with van der Waals surface area (Å²) in [5.74, 6) is 0.523. The lowest BCUT2D eigenvalue weighted by Gasteiger charge is -2.18. The highest BCUT2D eigenvalue weighted by molar-refractivity contribution is 5.80. The first-order valence-corrected chi connectivity index (χ1v) is 8.06. The highest BCUT2D eigenvalue weighted by atomic mass is 19.4. The Morgan fingerprint density at radius 3 is 2.54 bits per heavy atom. The molecule has 0 radical (unpaired) electrons. The summed E-state index contributed by atoms with van der Waals surface area (Å²) in [6.45, 7) is 2.78. The van der Waals surface area contributed by atoms with Gasteiger partial charge >= 0.3 is 6.18 Å². The predicted molar refractivity (Wildman–Crippen MR) is 94.9 cm³/mol. The molecule has 2 aromatic rings. The molecule has 2 rings (SSSR count). The topological polar surface area (TPSA) is 74.2 Å². The first-order valence-electron chi connectivity index (χ1n) is 8.06.